The van der Waals surface area contributed by atoms with Gasteiger partial charge in [-0.2, -0.15) is 0 Å². The highest BCUT2D eigenvalue weighted by molar-refractivity contribution is 6.30. The zero-order chi connectivity index (χ0) is 24.5. The Morgan fingerprint density at radius 1 is 0.971 bits per heavy atom. The molecule has 34 heavy (non-hydrogen) atoms. The maximum absolute atomic E-state index is 13.3. The number of ether oxygens (including phenoxy) is 1. The van der Waals surface area contributed by atoms with E-state index < -0.39 is 11.4 Å². The van der Waals surface area contributed by atoms with Gasteiger partial charge < -0.3 is 9.15 Å². The van der Waals surface area contributed by atoms with Crippen LogP contribution in [0.25, 0.3) is 28.4 Å². The number of esters is 1. The van der Waals surface area contributed by atoms with E-state index in [0.29, 0.717) is 21.6 Å². The summed E-state index contributed by atoms with van der Waals surface area (Å²) in [4.78, 5) is 26.0. The van der Waals surface area contributed by atoms with Crippen LogP contribution < -0.4 is 10.2 Å². The minimum atomic E-state index is -0.679. The number of hydrogen-bond acceptors (Lipinski definition) is 4. The summed E-state index contributed by atoms with van der Waals surface area (Å²) in [6, 6.07) is 20.1. The number of carbonyl (C=O) groups excluding carboxylic acids is 1. The standard InChI is InChI=1S/C29H25ClO4/c1-18-5-15-23-24(17-18)33-27(20-9-11-21(12-10-20)29(2,3)4)28(26(23)32)34-25(31)16-8-19-6-13-22(30)14-7-19/h5-17H,1-4H3. The van der Waals surface area contributed by atoms with E-state index in [-0.39, 0.29) is 16.9 Å². The van der Waals surface area contributed by atoms with Crippen molar-refractivity contribution in [1.82, 2.24) is 0 Å². The Bertz CT molecular complexity index is 1440. The summed E-state index contributed by atoms with van der Waals surface area (Å²) in [7, 11) is 0. The molecule has 172 valence electrons. The molecular formula is C29H25ClO4. The first kappa shape index (κ1) is 23.5. The van der Waals surface area contributed by atoms with E-state index in [9.17, 15) is 9.59 Å². The number of benzene rings is 3. The number of halogens is 1. The van der Waals surface area contributed by atoms with Crippen molar-refractivity contribution in [2.45, 2.75) is 33.1 Å². The highest BCUT2D eigenvalue weighted by Gasteiger charge is 2.21. The fraction of sp³-hybridized carbons (Fsp3) is 0.172. The van der Waals surface area contributed by atoms with Gasteiger partial charge in [0.1, 0.15) is 5.58 Å². The topological polar surface area (TPSA) is 56.5 Å². The van der Waals surface area contributed by atoms with E-state index in [1.807, 2.05) is 37.3 Å². The van der Waals surface area contributed by atoms with Crippen molar-refractivity contribution in [1.29, 1.82) is 0 Å². The highest BCUT2D eigenvalue weighted by atomic mass is 35.5. The molecule has 0 unspecified atom stereocenters. The lowest BCUT2D eigenvalue weighted by atomic mass is 9.86. The summed E-state index contributed by atoms with van der Waals surface area (Å²) < 4.78 is 11.7. The van der Waals surface area contributed by atoms with Gasteiger partial charge in [-0.05, 0) is 59.4 Å². The molecule has 0 N–H and O–H groups in total. The van der Waals surface area contributed by atoms with Crippen LogP contribution in [0.4, 0.5) is 0 Å². The first-order chi connectivity index (χ1) is 16.1. The molecule has 1 aromatic heterocycles. The summed E-state index contributed by atoms with van der Waals surface area (Å²) in [5.41, 5.74) is 3.54. The molecule has 0 aliphatic rings. The van der Waals surface area contributed by atoms with Crippen LogP contribution in [-0.4, -0.2) is 5.97 Å². The lowest BCUT2D eigenvalue weighted by Gasteiger charge is -2.19. The minimum Gasteiger partial charge on any atom is -0.452 e. The largest absolute Gasteiger partial charge is 0.452 e. The predicted molar refractivity (Wildman–Crippen MR) is 137 cm³/mol. The van der Waals surface area contributed by atoms with Crippen LogP contribution in [0.5, 0.6) is 5.75 Å². The molecule has 0 spiro atoms. The number of hydrogen-bond donors (Lipinski definition) is 0. The van der Waals surface area contributed by atoms with Gasteiger partial charge in [-0.25, -0.2) is 4.79 Å². The number of aryl methyl sites for hydroxylation is 1. The second kappa shape index (κ2) is 9.32. The Labute approximate surface area is 203 Å². The molecule has 4 rings (SSSR count). The number of rotatable bonds is 4. The molecule has 0 radical (unpaired) electrons. The van der Waals surface area contributed by atoms with Crippen LogP contribution in [0.1, 0.15) is 37.5 Å². The molecule has 0 bridgehead atoms. The molecule has 4 nitrogen and oxygen atoms in total. The van der Waals surface area contributed by atoms with Gasteiger partial charge in [0.25, 0.3) is 0 Å². The SMILES string of the molecule is Cc1ccc2c(=O)c(OC(=O)C=Cc3ccc(Cl)cc3)c(-c3ccc(C(C)(C)C)cc3)oc2c1. The zero-order valence-electron chi connectivity index (χ0n) is 19.5. The average Bonchev–Trinajstić information content (AvgIpc) is 2.80. The van der Waals surface area contributed by atoms with E-state index in [1.165, 1.54) is 6.08 Å². The zero-order valence-corrected chi connectivity index (χ0v) is 20.3. The Morgan fingerprint density at radius 2 is 1.65 bits per heavy atom. The second-order valence-corrected chi connectivity index (χ2v) is 9.66. The molecule has 0 saturated heterocycles. The van der Waals surface area contributed by atoms with Gasteiger partial charge in [-0.15, -0.1) is 0 Å². The third kappa shape index (κ3) is 5.13. The molecule has 1 heterocycles. The Kier molecular flexibility index (Phi) is 6.45. The van der Waals surface area contributed by atoms with E-state index in [4.69, 9.17) is 20.8 Å². The maximum atomic E-state index is 13.3. The van der Waals surface area contributed by atoms with Crippen LogP contribution in [-0.2, 0) is 10.2 Å². The summed E-state index contributed by atoms with van der Waals surface area (Å²) in [5, 5.41) is 0.955. The van der Waals surface area contributed by atoms with Gasteiger partial charge in [-0.1, -0.05) is 74.8 Å². The van der Waals surface area contributed by atoms with E-state index in [0.717, 1.165) is 16.7 Å². The molecule has 3 aromatic carbocycles. The lowest BCUT2D eigenvalue weighted by Crippen LogP contribution is -2.14. The lowest BCUT2D eigenvalue weighted by molar-refractivity contribution is -0.129. The Morgan fingerprint density at radius 3 is 2.29 bits per heavy atom. The maximum Gasteiger partial charge on any atom is 0.336 e. The van der Waals surface area contributed by atoms with Gasteiger partial charge in [0.15, 0.2) is 5.76 Å². The Hall–Kier alpha value is -3.63. The van der Waals surface area contributed by atoms with Crippen LogP contribution in [0.3, 0.4) is 0 Å². The summed E-state index contributed by atoms with van der Waals surface area (Å²) in [6.45, 7) is 8.30. The number of carbonyl (C=O) groups is 1. The highest BCUT2D eigenvalue weighted by Crippen LogP contribution is 2.33. The molecule has 4 aromatic rings. The monoisotopic (exact) mass is 472 g/mol. The summed E-state index contributed by atoms with van der Waals surface area (Å²) in [6.07, 6.45) is 2.87. The summed E-state index contributed by atoms with van der Waals surface area (Å²) in [5.74, 6) is -0.594. The van der Waals surface area contributed by atoms with Gasteiger partial charge in [0.2, 0.25) is 11.2 Å². The van der Waals surface area contributed by atoms with Crippen LogP contribution in [0, 0.1) is 6.92 Å². The minimum absolute atomic E-state index is 0.0262. The predicted octanol–water partition coefficient (Wildman–Crippen LogP) is 7.34. The molecule has 0 saturated carbocycles. The molecule has 0 aliphatic carbocycles. The smallest absolute Gasteiger partial charge is 0.336 e. The fourth-order valence-electron chi connectivity index (χ4n) is 3.56. The van der Waals surface area contributed by atoms with E-state index in [1.54, 1.807) is 42.5 Å². The first-order valence-corrected chi connectivity index (χ1v) is 11.3. The fourth-order valence-corrected chi connectivity index (χ4v) is 3.69. The summed E-state index contributed by atoms with van der Waals surface area (Å²) >= 11 is 5.91. The first-order valence-electron chi connectivity index (χ1n) is 11.0. The third-order valence-electron chi connectivity index (χ3n) is 5.50. The molecular weight excluding hydrogens is 448 g/mol. The van der Waals surface area contributed by atoms with Crippen molar-refractivity contribution in [3.63, 3.8) is 0 Å². The van der Waals surface area contributed by atoms with Gasteiger partial charge in [0, 0.05) is 16.7 Å². The molecule has 0 fully saturated rings. The van der Waals surface area contributed by atoms with Crippen molar-refractivity contribution in [2.24, 2.45) is 0 Å². The van der Waals surface area contributed by atoms with Crippen LogP contribution in [0.15, 0.2) is 82.0 Å². The molecule has 0 aliphatic heterocycles. The van der Waals surface area contributed by atoms with Crippen molar-refractivity contribution >= 4 is 34.6 Å². The van der Waals surface area contributed by atoms with Gasteiger partial charge in [-0.3, -0.25) is 4.79 Å². The third-order valence-corrected chi connectivity index (χ3v) is 5.76. The molecule has 0 atom stereocenters. The number of fused-ring (bicyclic) bond motifs is 1. The van der Waals surface area contributed by atoms with Gasteiger partial charge >= 0.3 is 5.97 Å². The van der Waals surface area contributed by atoms with Crippen molar-refractivity contribution < 1.29 is 13.9 Å². The van der Waals surface area contributed by atoms with Crippen LogP contribution in [0.2, 0.25) is 5.02 Å². The quantitative estimate of drug-likeness (QED) is 0.230. The van der Waals surface area contributed by atoms with Crippen LogP contribution >= 0.6 is 11.6 Å². The Balaban J connectivity index is 1.77. The average molecular weight is 473 g/mol. The molecule has 5 heteroatoms. The van der Waals surface area contributed by atoms with Gasteiger partial charge in [0.05, 0.1) is 5.39 Å². The second-order valence-electron chi connectivity index (χ2n) is 9.22. The van der Waals surface area contributed by atoms with Crippen molar-refractivity contribution in [2.75, 3.05) is 0 Å². The van der Waals surface area contributed by atoms with Crippen molar-refractivity contribution in [3.8, 4) is 17.1 Å². The normalized spacial score (nSPS) is 11.8. The van der Waals surface area contributed by atoms with E-state index >= 15 is 0 Å². The van der Waals surface area contributed by atoms with E-state index in [2.05, 4.69) is 20.8 Å². The van der Waals surface area contributed by atoms with Crippen molar-refractivity contribution in [3.05, 3.63) is 105 Å². The molecule has 0 amide bonds.